The number of hydrogen-bond donors (Lipinski definition) is 1. The van der Waals surface area contributed by atoms with E-state index in [0.717, 1.165) is 38.6 Å². The predicted molar refractivity (Wildman–Crippen MR) is 72.5 cm³/mol. The maximum absolute atomic E-state index is 12.8. The summed E-state index contributed by atoms with van der Waals surface area (Å²) < 4.78 is 0. The van der Waals surface area contributed by atoms with Gasteiger partial charge < -0.3 is 10.2 Å². The predicted octanol–water partition coefficient (Wildman–Crippen LogP) is 1.84. The van der Waals surface area contributed by atoms with Crippen molar-refractivity contribution in [3.63, 3.8) is 0 Å². The lowest BCUT2D eigenvalue weighted by Gasteiger charge is -2.44. The molecule has 0 aromatic rings. The number of amides is 2. The highest BCUT2D eigenvalue weighted by molar-refractivity contribution is 5.99. The van der Waals surface area contributed by atoms with Gasteiger partial charge in [-0.05, 0) is 44.4 Å². The van der Waals surface area contributed by atoms with Gasteiger partial charge in [0.2, 0.25) is 11.8 Å². The van der Waals surface area contributed by atoms with Crippen LogP contribution in [0.15, 0.2) is 0 Å². The van der Waals surface area contributed by atoms with Crippen molar-refractivity contribution in [1.29, 1.82) is 0 Å². The monoisotopic (exact) mass is 264 g/mol. The normalized spacial score (nSPS) is 31.7. The second-order valence-electron chi connectivity index (χ2n) is 6.74. The molecule has 3 rings (SSSR count). The molecule has 2 saturated carbocycles. The van der Waals surface area contributed by atoms with Crippen molar-refractivity contribution in [3.05, 3.63) is 0 Å². The Kier molecular flexibility index (Phi) is 2.88. The van der Waals surface area contributed by atoms with Crippen LogP contribution in [0.1, 0.15) is 58.8 Å². The molecule has 1 spiro atoms. The molecule has 1 saturated heterocycles. The van der Waals surface area contributed by atoms with E-state index in [2.05, 4.69) is 12.2 Å². The number of carbonyl (C=O) groups is 2. The minimum absolute atomic E-state index is 0.0356. The summed E-state index contributed by atoms with van der Waals surface area (Å²) in [5, 5.41) is 3.02. The Morgan fingerprint density at radius 1 is 1.21 bits per heavy atom. The van der Waals surface area contributed by atoms with E-state index in [4.69, 9.17) is 0 Å². The van der Waals surface area contributed by atoms with E-state index in [-0.39, 0.29) is 17.9 Å². The minimum Gasteiger partial charge on any atom is -0.340 e. The van der Waals surface area contributed by atoms with Gasteiger partial charge in [-0.15, -0.1) is 0 Å². The van der Waals surface area contributed by atoms with Crippen LogP contribution in [0, 0.1) is 5.41 Å². The lowest BCUT2D eigenvalue weighted by atomic mass is 9.89. The molecule has 106 valence electrons. The number of carbonyl (C=O) groups excluding carboxylic acids is 2. The van der Waals surface area contributed by atoms with Crippen LogP contribution in [-0.4, -0.2) is 34.8 Å². The van der Waals surface area contributed by atoms with Crippen molar-refractivity contribution in [3.8, 4) is 0 Å². The van der Waals surface area contributed by atoms with Crippen molar-refractivity contribution >= 4 is 11.8 Å². The molecule has 1 heterocycles. The molecule has 2 aliphatic carbocycles. The zero-order valence-corrected chi connectivity index (χ0v) is 12.0. The molecule has 0 aromatic heterocycles. The lowest BCUT2D eigenvalue weighted by Crippen LogP contribution is -2.69. The van der Waals surface area contributed by atoms with Crippen molar-refractivity contribution in [2.24, 2.45) is 5.41 Å². The molecule has 4 nitrogen and oxygen atoms in total. The summed E-state index contributed by atoms with van der Waals surface area (Å²) in [4.78, 5) is 26.9. The van der Waals surface area contributed by atoms with Gasteiger partial charge in [-0.2, -0.15) is 0 Å². The van der Waals surface area contributed by atoms with Crippen LogP contribution < -0.4 is 5.32 Å². The van der Waals surface area contributed by atoms with Gasteiger partial charge in [0.1, 0.15) is 11.6 Å². The molecule has 0 aromatic carbocycles. The molecule has 1 aliphatic heterocycles. The third-order valence-corrected chi connectivity index (χ3v) is 5.55. The highest BCUT2D eigenvalue weighted by Crippen LogP contribution is 2.50. The Morgan fingerprint density at radius 3 is 2.37 bits per heavy atom. The smallest absolute Gasteiger partial charge is 0.249 e. The molecule has 1 N–H and O–H groups in total. The van der Waals surface area contributed by atoms with Crippen LogP contribution in [0.5, 0.6) is 0 Å². The fourth-order valence-corrected chi connectivity index (χ4v) is 3.67. The second kappa shape index (κ2) is 4.22. The van der Waals surface area contributed by atoms with Crippen LogP contribution in [0.25, 0.3) is 0 Å². The quantitative estimate of drug-likeness (QED) is 0.845. The van der Waals surface area contributed by atoms with E-state index in [1.165, 1.54) is 12.8 Å². The Hall–Kier alpha value is -1.06. The summed E-state index contributed by atoms with van der Waals surface area (Å²) in [7, 11) is 0. The van der Waals surface area contributed by atoms with Gasteiger partial charge in [0, 0.05) is 6.54 Å². The van der Waals surface area contributed by atoms with E-state index >= 15 is 0 Å². The van der Waals surface area contributed by atoms with Gasteiger partial charge in [-0.25, -0.2) is 0 Å². The van der Waals surface area contributed by atoms with E-state index in [9.17, 15) is 9.59 Å². The summed E-state index contributed by atoms with van der Waals surface area (Å²) in [6, 6.07) is -0.303. The number of rotatable bonds is 3. The average molecular weight is 264 g/mol. The maximum atomic E-state index is 12.8. The molecule has 19 heavy (non-hydrogen) atoms. The molecule has 0 radical (unpaired) electrons. The molecule has 4 heteroatoms. The summed E-state index contributed by atoms with van der Waals surface area (Å²) in [6.45, 7) is 4.83. The van der Waals surface area contributed by atoms with E-state index in [0.29, 0.717) is 5.41 Å². The van der Waals surface area contributed by atoms with Gasteiger partial charge in [0.15, 0.2) is 0 Å². The van der Waals surface area contributed by atoms with Gasteiger partial charge in [0.05, 0.1) is 0 Å². The molecule has 0 bridgehead atoms. The van der Waals surface area contributed by atoms with Crippen LogP contribution in [0.4, 0.5) is 0 Å². The highest BCUT2D eigenvalue weighted by atomic mass is 16.2. The SMILES string of the molecule is CCC1(CN2C(=O)C3(CCCC3)NC(=O)C2C)CC1. The Labute approximate surface area is 114 Å². The zero-order chi connectivity index (χ0) is 13.7. The van der Waals surface area contributed by atoms with E-state index < -0.39 is 5.54 Å². The van der Waals surface area contributed by atoms with Crippen LogP contribution >= 0.6 is 0 Å². The molecule has 2 amide bonds. The van der Waals surface area contributed by atoms with Crippen LogP contribution in [0.2, 0.25) is 0 Å². The fourth-order valence-electron chi connectivity index (χ4n) is 3.67. The Morgan fingerprint density at radius 2 is 1.84 bits per heavy atom. The van der Waals surface area contributed by atoms with E-state index in [1.54, 1.807) is 0 Å². The highest BCUT2D eigenvalue weighted by Gasteiger charge is 2.53. The van der Waals surface area contributed by atoms with Crippen molar-refractivity contribution in [1.82, 2.24) is 10.2 Å². The first-order valence-corrected chi connectivity index (χ1v) is 7.65. The van der Waals surface area contributed by atoms with Gasteiger partial charge >= 0.3 is 0 Å². The van der Waals surface area contributed by atoms with Crippen LogP contribution in [-0.2, 0) is 9.59 Å². The standard InChI is InChI=1S/C15H24N2O2/c1-3-14(8-9-14)10-17-11(2)12(18)16-15(13(17)19)6-4-5-7-15/h11H,3-10H2,1-2H3,(H,16,18). The van der Waals surface area contributed by atoms with Crippen molar-refractivity contribution < 1.29 is 9.59 Å². The summed E-state index contributed by atoms with van der Waals surface area (Å²) in [5.74, 6) is 0.213. The van der Waals surface area contributed by atoms with Gasteiger partial charge in [-0.3, -0.25) is 9.59 Å². The molecular weight excluding hydrogens is 240 g/mol. The first kappa shape index (κ1) is 12.9. The number of nitrogens with zero attached hydrogens (tertiary/aromatic N) is 1. The molecule has 3 aliphatic rings. The minimum atomic E-state index is -0.562. The molecule has 3 fully saturated rings. The topological polar surface area (TPSA) is 49.4 Å². The largest absolute Gasteiger partial charge is 0.340 e. The van der Waals surface area contributed by atoms with Gasteiger partial charge in [-0.1, -0.05) is 19.8 Å². The first-order chi connectivity index (χ1) is 9.02. The lowest BCUT2D eigenvalue weighted by molar-refractivity contribution is -0.155. The second-order valence-corrected chi connectivity index (χ2v) is 6.74. The fraction of sp³-hybridized carbons (Fsp3) is 0.867. The van der Waals surface area contributed by atoms with Crippen LogP contribution in [0.3, 0.4) is 0 Å². The number of nitrogens with one attached hydrogen (secondary N) is 1. The summed E-state index contributed by atoms with van der Waals surface area (Å²) in [6.07, 6.45) is 7.25. The molecule has 1 unspecified atom stereocenters. The Balaban J connectivity index is 1.83. The third kappa shape index (κ3) is 1.96. The molecule has 1 atom stereocenters. The molecular formula is C15H24N2O2. The number of piperazine rings is 1. The van der Waals surface area contributed by atoms with Crippen molar-refractivity contribution in [2.75, 3.05) is 6.54 Å². The summed E-state index contributed by atoms with van der Waals surface area (Å²) >= 11 is 0. The third-order valence-electron chi connectivity index (χ3n) is 5.55. The zero-order valence-electron chi connectivity index (χ0n) is 12.0. The maximum Gasteiger partial charge on any atom is 0.249 e. The van der Waals surface area contributed by atoms with Crippen molar-refractivity contribution in [2.45, 2.75) is 70.4 Å². The first-order valence-electron chi connectivity index (χ1n) is 7.65. The van der Waals surface area contributed by atoms with E-state index in [1.807, 2.05) is 11.8 Å². The number of hydrogen-bond acceptors (Lipinski definition) is 2. The van der Waals surface area contributed by atoms with Gasteiger partial charge in [0.25, 0.3) is 0 Å². The summed E-state index contributed by atoms with van der Waals surface area (Å²) in [5.41, 5.74) is -0.255. The average Bonchev–Trinajstić information content (AvgIpc) is 3.03. The Bertz CT molecular complexity index is 408.